The van der Waals surface area contributed by atoms with Crippen LogP contribution in [0.4, 0.5) is 4.79 Å². The monoisotopic (exact) mass is 254 g/mol. The minimum absolute atomic E-state index is 0.121. The van der Waals surface area contributed by atoms with Crippen molar-refractivity contribution in [2.45, 2.75) is 62.9 Å². The normalized spacial score (nSPS) is 24.1. The van der Waals surface area contributed by atoms with E-state index in [1.165, 1.54) is 0 Å². The highest BCUT2D eigenvalue weighted by Crippen LogP contribution is 2.27. The van der Waals surface area contributed by atoms with Crippen LogP contribution in [-0.2, 0) is 0 Å². The van der Waals surface area contributed by atoms with E-state index in [1.807, 2.05) is 0 Å². The first-order chi connectivity index (χ1) is 8.66. The topological polar surface area (TPSA) is 99.7 Å². The molecule has 6 heteroatoms. The van der Waals surface area contributed by atoms with Gasteiger partial charge in [0.1, 0.15) is 5.54 Å². The second kappa shape index (κ2) is 5.46. The number of hydrogen-bond donors (Lipinski definition) is 4. The fraction of sp³-hybridized carbons (Fsp3) is 0.833. The van der Waals surface area contributed by atoms with Gasteiger partial charge in [0.05, 0.1) is 0 Å². The second-order valence-electron chi connectivity index (χ2n) is 5.35. The average molecular weight is 254 g/mol. The van der Waals surface area contributed by atoms with Crippen molar-refractivity contribution in [2.24, 2.45) is 10.9 Å². The number of urea groups is 1. The summed E-state index contributed by atoms with van der Waals surface area (Å²) in [6, 6.07) is 0.103. The molecule has 0 spiro atoms. The molecule has 2 amide bonds. The maximum Gasteiger partial charge on any atom is 0.315 e. The van der Waals surface area contributed by atoms with Gasteiger partial charge in [-0.2, -0.15) is 0 Å². The van der Waals surface area contributed by atoms with Crippen molar-refractivity contribution >= 4 is 11.9 Å². The zero-order valence-corrected chi connectivity index (χ0v) is 10.6. The van der Waals surface area contributed by atoms with E-state index in [4.69, 9.17) is 10.9 Å². The zero-order valence-electron chi connectivity index (χ0n) is 10.6. The van der Waals surface area contributed by atoms with Crippen LogP contribution in [0.2, 0.25) is 0 Å². The molecule has 2 aliphatic carbocycles. The predicted molar refractivity (Wildman–Crippen MR) is 68.5 cm³/mol. The van der Waals surface area contributed by atoms with Crippen LogP contribution in [0, 0.1) is 0 Å². The van der Waals surface area contributed by atoms with Gasteiger partial charge < -0.3 is 21.6 Å². The van der Waals surface area contributed by atoms with Crippen LogP contribution >= 0.6 is 0 Å². The lowest BCUT2D eigenvalue weighted by Gasteiger charge is -2.32. The Morgan fingerprint density at radius 3 is 2.33 bits per heavy atom. The van der Waals surface area contributed by atoms with Gasteiger partial charge in [-0.3, -0.25) is 0 Å². The number of hydrogen-bond acceptors (Lipinski definition) is 3. The standard InChI is InChI=1S/C12H22N4O2/c13-10(16-18)12(7-3-1-2-4-8-12)15-11(17)14-9-5-6-9/h9,18H,1-8H2,(H2,13,16)(H2,14,15,17). The molecule has 18 heavy (non-hydrogen) atoms. The number of nitrogens with one attached hydrogen (secondary N) is 2. The number of nitrogens with zero attached hydrogens (tertiary/aromatic N) is 1. The van der Waals surface area contributed by atoms with Crippen LogP contribution in [0.1, 0.15) is 51.4 Å². The fourth-order valence-electron chi connectivity index (χ4n) is 2.54. The summed E-state index contributed by atoms with van der Waals surface area (Å²) < 4.78 is 0. The molecular weight excluding hydrogens is 232 g/mol. The molecule has 2 fully saturated rings. The van der Waals surface area contributed by atoms with Crippen molar-refractivity contribution in [3.05, 3.63) is 0 Å². The summed E-state index contributed by atoms with van der Waals surface area (Å²) >= 11 is 0. The van der Waals surface area contributed by atoms with Crippen LogP contribution < -0.4 is 16.4 Å². The van der Waals surface area contributed by atoms with Crippen molar-refractivity contribution in [2.75, 3.05) is 0 Å². The first kappa shape index (κ1) is 13.0. The quantitative estimate of drug-likeness (QED) is 0.201. The van der Waals surface area contributed by atoms with Crippen LogP contribution in [0.3, 0.4) is 0 Å². The van der Waals surface area contributed by atoms with E-state index in [0.717, 1.165) is 51.4 Å². The van der Waals surface area contributed by atoms with E-state index in [2.05, 4.69) is 15.8 Å². The molecule has 0 radical (unpaired) electrons. The third kappa shape index (κ3) is 3.05. The third-order valence-electron chi connectivity index (χ3n) is 3.82. The molecule has 0 aromatic carbocycles. The highest BCUT2D eigenvalue weighted by molar-refractivity contribution is 5.93. The number of oxime groups is 1. The number of nitrogens with two attached hydrogens (primary N) is 1. The molecule has 0 aromatic rings. The van der Waals surface area contributed by atoms with Gasteiger partial charge in [0.2, 0.25) is 0 Å². The van der Waals surface area contributed by atoms with E-state index in [1.54, 1.807) is 0 Å². The average Bonchev–Trinajstić information content (AvgIpc) is 3.16. The number of amidine groups is 1. The highest BCUT2D eigenvalue weighted by atomic mass is 16.4. The Kier molecular flexibility index (Phi) is 3.93. The molecular formula is C12H22N4O2. The smallest absolute Gasteiger partial charge is 0.315 e. The van der Waals surface area contributed by atoms with E-state index in [9.17, 15) is 4.79 Å². The molecule has 5 N–H and O–H groups in total. The summed E-state index contributed by atoms with van der Waals surface area (Å²) in [5.74, 6) is 0.121. The first-order valence-corrected chi connectivity index (χ1v) is 6.73. The molecule has 0 bridgehead atoms. The van der Waals surface area contributed by atoms with E-state index in [-0.39, 0.29) is 11.9 Å². The molecule has 2 saturated carbocycles. The zero-order chi connectivity index (χ0) is 13.0. The Hall–Kier alpha value is -1.46. The van der Waals surface area contributed by atoms with Crippen molar-refractivity contribution in [3.8, 4) is 0 Å². The summed E-state index contributed by atoms with van der Waals surface area (Å²) in [5, 5.41) is 17.9. The third-order valence-corrected chi connectivity index (χ3v) is 3.82. The maximum atomic E-state index is 11.9. The largest absolute Gasteiger partial charge is 0.409 e. The van der Waals surface area contributed by atoms with Gasteiger partial charge in [-0.25, -0.2) is 4.79 Å². The lowest BCUT2D eigenvalue weighted by molar-refractivity contribution is 0.228. The molecule has 6 nitrogen and oxygen atoms in total. The molecule has 0 heterocycles. The lowest BCUT2D eigenvalue weighted by atomic mass is 9.89. The van der Waals surface area contributed by atoms with Gasteiger partial charge in [0.15, 0.2) is 5.84 Å². The van der Waals surface area contributed by atoms with E-state index < -0.39 is 5.54 Å². The Labute approximate surface area is 107 Å². The van der Waals surface area contributed by atoms with Gasteiger partial charge in [0.25, 0.3) is 0 Å². The minimum Gasteiger partial charge on any atom is -0.409 e. The lowest BCUT2D eigenvalue weighted by Crippen LogP contribution is -2.59. The SMILES string of the molecule is NC(=NO)C1(NC(=O)NC2CC2)CCCCCC1. The van der Waals surface area contributed by atoms with Gasteiger partial charge in [-0.15, -0.1) is 0 Å². The number of rotatable bonds is 3. The van der Waals surface area contributed by atoms with Crippen molar-refractivity contribution in [1.82, 2.24) is 10.6 Å². The number of carbonyl (C=O) groups excluding carboxylic acids is 1. The highest BCUT2D eigenvalue weighted by Gasteiger charge is 2.38. The Balaban J connectivity index is 2.04. The Morgan fingerprint density at radius 1 is 1.22 bits per heavy atom. The first-order valence-electron chi connectivity index (χ1n) is 6.73. The predicted octanol–water partition coefficient (Wildman–Crippen LogP) is 1.29. The molecule has 102 valence electrons. The minimum atomic E-state index is -0.676. The van der Waals surface area contributed by atoms with Gasteiger partial charge in [-0.05, 0) is 25.7 Å². The van der Waals surface area contributed by atoms with Crippen molar-refractivity contribution < 1.29 is 10.0 Å². The molecule has 0 unspecified atom stereocenters. The van der Waals surface area contributed by atoms with Crippen molar-refractivity contribution in [3.63, 3.8) is 0 Å². The van der Waals surface area contributed by atoms with Crippen LogP contribution in [0.25, 0.3) is 0 Å². The molecule has 0 aliphatic heterocycles. The summed E-state index contributed by atoms with van der Waals surface area (Å²) in [5.41, 5.74) is 5.13. The summed E-state index contributed by atoms with van der Waals surface area (Å²) in [7, 11) is 0. The number of amides is 2. The molecule has 2 aliphatic rings. The van der Waals surface area contributed by atoms with Crippen LogP contribution in [0.15, 0.2) is 5.16 Å². The fourth-order valence-corrected chi connectivity index (χ4v) is 2.54. The molecule has 0 aromatic heterocycles. The summed E-state index contributed by atoms with van der Waals surface area (Å²) in [4.78, 5) is 11.9. The second-order valence-corrected chi connectivity index (χ2v) is 5.35. The number of carbonyl (C=O) groups is 1. The summed E-state index contributed by atoms with van der Waals surface area (Å²) in [6.45, 7) is 0. The molecule has 0 saturated heterocycles. The molecule has 0 atom stereocenters. The maximum absolute atomic E-state index is 11.9. The summed E-state index contributed by atoms with van der Waals surface area (Å²) in [6.07, 6.45) is 7.80. The van der Waals surface area contributed by atoms with Crippen LogP contribution in [-0.4, -0.2) is 28.7 Å². The van der Waals surface area contributed by atoms with E-state index >= 15 is 0 Å². The van der Waals surface area contributed by atoms with E-state index in [0.29, 0.717) is 6.04 Å². The molecule has 2 rings (SSSR count). The van der Waals surface area contributed by atoms with Crippen LogP contribution in [0.5, 0.6) is 0 Å². The van der Waals surface area contributed by atoms with Gasteiger partial charge in [0, 0.05) is 6.04 Å². The van der Waals surface area contributed by atoms with Gasteiger partial charge in [-0.1, -0.05) is 30.8 Å². The Morgan fingerprint density at radius 2 is 1.83 bits per heavy atom. The van der Waals surface area contributed by atoms with Crippen molar-refractivity contribution in [1.29, 1.82) is 0 Å². The van der Waals surface area contributed by atoms with Gasteiger partial charge >= 0.3 is 6.03 Å². The Bertz CT molecular complexity index is 331.